The molecule has 0 aliphatic rings. The van der Waals surface area contributed by atoms with Crippen LogP contribution < -0.4 is 10.6 Å². The third-order valence-electron chi connectivity index (χ3n) is 2.53. The number of carbonyl (C=O) groups is 3. The van der Waals surface area contributed by atoms with Crippen LogP contribution in [-0.4, -0.2) is 36.5 Å². The summed E-state index contributed by atoms with van der Waals surface area (Å²) in [5.74, 6) is -1.40. The summed E-state index contributed by atoms with van der Waals surface area (Å²) >= 11 is 0. The molecule has 0 heterocycles. The average Bonchev–Trinajstić information content (AvgIpc) is 2.44. The molecule has 0 spiro atoms. The van der Waals surface area contributed by atoms with Crippen LogP contribution in [0.25, 0.3) is 0 Å². The van der Waals surface area contributed by atoms with E-state index in [1.807, 2.05) is 13.8 Å². The van der Waals surface area contributed by atoms with Crippen LogP contribution in [0.4, 0.5) is 0 Å². The van der Waals surface area contributed by atoms with Crippen molar-refractivity contribution in [3.63, 3.8) is 0 Å². The molecule has 0 saturated heterocycles. The molecule has 2 N–H and O–H groups in total. The summed E-state index contributed by atoms with van der Waals surface area (Å²) in [5, 5.41) is 5.12. The minimum Gasteiger partial charge on any atom is -0.454 e. The van der Waals surface area contributed by atoms with Crippen molar-refractivity contribution in [2.24, 2.45) is 0 Å². The van der Waals surface area contributed by atoms with Crippen molar-refractivity contribution >= 4 is 17.8 Å². The number of hydrogen-bond donors (Lipinski definition) is 2. The first kappa shape index (κ1) is 16.7. The Bertz CT molecular complexity index is 500. The highest BCUT2D eigenvalue weighted by Crippen LogP contribution is 1.99. The van der Waals surface area contributed by atoms with Crippen LogP contribution in [0, 0.1) is 0 Å². The van der Waals surface area contributed by atoms with Gasteiger partial charge in [0.05, 0.1) is 0 Å². The molecule has 0 radical (unpaired) electrons. The Balaban J connectivity index is 2.41. The van der Waals surface area contributed by atoms with Crippen LogP contribution in [0.15, 0.2) is 30.3 Å². The number of amides is 2. The molecule has 0 aliphatic carbocycles. The minimum absolute atomic E-state index is 0.0218. The van der Waals surface area contributed by atoms with E-state index < -0.39 is 12.0 Å². The van der Waals surface area contributed by atoms with E-state index in [1.54, 1.807) is 30.3 Å². The Morgan fingerprint density at radius 2 is 1.67 bits per heavy atom. The first-order valence-electron chi connectivity index (χ1n) is 6.72. The van der Waals surface area contributed by atoms with Crippen molar-refractivity contribution < 1.29 is 19.1 Å². The van der Waals surface area contributed by atoms with E-state index in [0.29, 0.717) is 5.56 Å². The first-order chi connectivity index (χ1) is 9.90. The summed E-state index contributed by atoms with van der Waals surface area (Å²) < 4.78 is 4.84. The van der Waals surface area contributed by atoms with Gasteiger partial charge in [-0.05, 0) is 32.9 Å². The molecule has 0 unspecified atom stereocenters. The van der Waals surface area contributed by atoms with Crippen molar-refractivity contribution in [2.45, 2.75) is 32.9 Å². The highest BCUT2D eigenvalue weighted by Gasteiger charge is 2.19. The van der Waals surface area contributed by atoms with Gasteiger partial charge in [0.2, 0.25) is 0 Å². The van der Waals surface area contributed by atoms with Gasteiger partial charge in [-0.2, -0.15) is 0 Å². The highest BCUT2D eigenvalue weighted by molar-refractivity contribution is 5.96. The fraction of sp³-hybridized carbons (Fsp3) is 0.400. The predicted molar refractivity (Wildman–Crippen MR) is 77.6 cm³/mol. The Kier molecular flexibility index (Phi) is 6.39. The number of benzene rings is 1. The van der Waals surface area contributed by atoms with Gasteiger partial charge in [0, 0.05) is 11.6 Å². The van der Waals surface area contributed by atoms with Crippen molar-refractivity contribution in [1.82, 2.24) is 10.6 Å². The van der Waals surface area contributed by atoms with Gasteiger partial charge < -0.3 is 15.4 Å². The summed E-state index contributed by atoms with van der Waals surface area (Å²) in [4.78, 5) is 34.9. The van der Waals surface area contributed by atoms with E-state index in [0.717, 1.165) is 0 Å². The smallest absolute Gasteiger partial charge is 0.328 e. The Hall–Kier alpha value is -2.37. The number of ether oxygens (including phenoxy) is 1. The highest BCUT2D eigenvalue weighted by atomic mass is 16.5. The third-order valence-corrected chi connectivity index (χ3v) is 2.53. The van der Waals surface area contributed by atoms with Crippen molar-refractivity contribution in [3.05, 3.63) is 35.9 Å². The summed E-state index contributed by atoms with van der Waals surface area (Å²) in [5.41, 5.74) is 0.453. The van der Waals surface area contributed by atoms with Crippen LogP contribution in [0.3, 0.4) is 0 Å². The molecule has 1 aromatic rings. The molecule has 0 aliphatic heterocycles. The summed E-state index contributed by atoms with van der Waals surface area (Å²) in [6.45, 7) is 4.76. The van der Waals surface area contributed by atoms with Gasteiger partial charge in [-0.25, -0.2) is 4.79 Å². The number of esters is 1. The molecule has 2 amide bonds. The standard InChI is InChI=1S/C15H20N2O4/c1-10(2)16-13(18)9-21-15(20)11(3)17-14(19)12-7-5-4-6-8-12/h4-8,10-11H,9H2,1-3H3,(H,16,18)(H,17,19)/t11-/m0/s1. The largest absolute Gasteiger partial charge is 0.454 e. The number of carbonyl (C=O) groups excluding carboxylic acids is 3. The maximum absolute atomic E-state index is 11.8. The van der Waals surface area contributed by atoms with Gasteiger partial charge >= 0.3 is 5.97 Å². The molecule has 6 nitrogen and oxygen atoms in total. The lowest BCUT2D eigenvalue weighted by Crippen LogP contribution is -2.41. The second kappa shape index (κ2) is 8.04. The molecule has 1 atom stereocenters. The van der Waals surface area contributed by atoms with E-state index in [-0.39, 0.29) is 24.5 Å². The van der Waals surface area contributed by atoms with E-state index in [9.17, 15) is 14.4 Å². The number of hydrogen-bond acceptors (Lipinski definition) is 4. The van der Waals surface area contributed by atoms with Gasteiger partial charge in [0.1, 0.15) is 6.04 Å². The second-order valence-electron chi connectivity index (χ2n) is 4.89. The van der Waals surface area contributed by atoms with E-state index in [2.05, 4.69) is 10.6 Å². The average molecular weight is 292 g/mol. The van der Waals surface area contributed by atoms with Gasteiger partial charge in [-0.1, -0.05) is 18.2 Å². The Morgan fingerprint density at radius 3 is 2.24 bits per heavy atom. The van der Waals surface area contributed by atoms with Gasteiger partial charge in [-0.15, -0.1) is 0 Å². The van der Waals surface area contributed by atoms with Gasteiger partial charge in [0.15, 0.2) is 6.61 Å². The summed E-state index contributed by atoms with van der Waals surface area (Å²) in [6.07, 6.45) is 0. The van der Waals surface area contributed by atoms with Crippen LogP contribution >= 0.6 is 0 Å². The van der Waals surface area contributed by atoms with Crippen molar-refractivity contribution in [1.29, 1.82) is 0 Å². The molecule has 1 rings (SSSR count). The molecular formula is C15H20N2O4. The van der Waals surface area contributed by atoms with Gasteiger partial charge in [-0.3, -0.25) is 9.59 Å². The zero-order chi connectivity index (χ0) is 15.8. The quantitative estimate of drug-likeness (QED) is 0.762. The Morgan fingerprint density at radius 1 is 1.05 bits per heavy atom. The molecule has 0 aromatic heterocycles. The zero-order valence-electron chi connectivity index (χ0n) is 12.4. The maximum Gasteiger partial charge on any atom is 0.328 e. The SMILES string of the molecule is CC(C)NC(=O)COC(=O)[C@H](C)NC(=O)c1ccccc1. The molecule has 0 saturated carbocycles. The van der Waals surface area contributed by atoms with Crippen LogP contribution in [0.2, 0.25) is 0 Å². The van der Waals surface area contributed by atoms with E-state index in [4.69, 9.17) is 4.74 Å². The lowest BCUT2D eigenvalue weighted by atomic mass is 10.2. The van der Waals surface area contributed by atoms with Crippen LogP contribution in [-0.2, 0) is 14.3 Å². The number of rotatable bonds is 6. The third kappa shape index (κ3) is 6.07. The topological polar surface area (TPSA) is 84.5 Å². The summed E-state index contributed by atoms with van der Waals surface area (Å²) in [6, 6.07) is 7.69. The first-order valence-corrected chi connectivity index (χ1v) is 6.72. The maximum atomic E-state index is 11.8. The van der Waals surface area contributed by atoms with Crippen molar-refractivity contribution in [3.8, 4) is 0 Å². The summed E-state index contributed by atoms with van der Waals surface area (Å²) in [7, 11) is 0. The lowest BCUT2D eigenvalue weighted by Gasteiger charge is -2.14. The van der Waals surface area contributed by atoms with Gasteiger partial charge in [0.25, 0.3) is 11.8 Å². The van der Waals surface area contributed by atoms with E-state index >= 15 is 0 Å². The number of nitrogens with one attached hydrogen (secondary N) is 2. The lowest BCUT2D eigenvalue weighted by molar-refractivity contribution is -0.150. The normalized spacial score (nSPS) is 11.6. The fourth-order valence-electron chi connectivity index (χ4n) is 1.55. The molecule has 6 heteroatoms. The molecule has 21 heavy (non-hydrogen) atoms. The Labute approximate surface area is 123 Å². The van der Waals surface area contributed by atoms with E-state index in [1.165, 1.54) is 6.92 Å². The van der Waals surface area contributed by atoms with Crippen molar-refractivity contribution in [2.75, 3.05) is 6.61 Å². The second-order valence-corrected chi connectivity index (χ2v) is 4.89. The predicted octanol–water partition coefficient (Wildman–Crippen LogP) is 0.873. The molecule has 1 aromatic carbocycles. The zero-order valence-corrected chi connectivity index (χ0v) is 12.4. The fourth-order valence-corrected chi connectivity index (χ4v) is 1.55. The molecule has 0 bridgehead atoms. The molecular weight excluding hydrogens is 272 g/mol. The van der Waals surface area contributed by atoms with Crippen LogP contribution in [0.1, 0.15) is 31.1 Å². The monoisotopic (exact) mass is 292 g/mol. The molecule has 0 fully saturated rings. The minimum atomic E-state index is -0.829. The molecule has 114 valence electrons. The van der Waals surface area contributed by atoms with Crippen LogP contribution in [0.5, 0.6) is 0 Å².